The first-order valence-electron chi connectivity index (χ1n) is 10.1. The van der Waals surface area contributed by atoms with Gasteiger partial charge in [0, 0.05) is 6.42 Å². The Morgan fingerprint density at radius 2 is 1.29 bits per heavy atom. The smallest absolute Gasteiger partial charge is 0.303 e. The van der Waals surface area contributed by atoms with Crippen LogP contribution in [-0.4, -0.2) is 17.7 Å². The van der Waals surface area contributed by atoms with Gasteiger partial charge in [-0.2, -0.15) is 5.26 Å². The van der Waals surface area contributed by atoms with E-state index in [1.54, 1.807) is 0 Å². The molecule has 0 saturated heterocycles. The molecule has 2 aromatic rings. The van der Waals surface area contributed by atoms with E-state index in [-0.39, 0.29) is 0 Å². The Balaban J connectivity index is 1.55. The van der Waals surface area contributed by atoms with Crippen LogP contribution in [0.5, 0.6) is 5.75 Å². The summed E-state index contributed by atoms with van der Waals surface area (Å²) in [6.45, 7) is 0.731. The molecule has 0 heterocycles. The Morgan fingerprint density at radius 3 is 1.82 bits per heavy atom. The third kappa shape index (κ3) is 8.26. The van der Waals surface area contributed by atoms with Gasteiger partial charge < -0.3 is 9.84 Å². The van der Waals surface area contributed by atoms with Gasteiger partial charge in [0.15, 0.2) is 0 Å². The summed E-state index contributed by atoms with van der Waals surface area (Å²) in [5.74, 6) is 0.194. The van der Waals surface area contributed by atoms with Gasteiger partial charge in [-0.1, -0.05) is 62.8 Å². The van der Waals surface area contributed by atoms with Crippen molar-refractivity contribution in [3.63, 3.8) is 0 Å². The third-order valence-electron chi connectivity index (χ3n) is 4.76. The molecule has 0 aliphatic rings. The van der Waals surface area contributed by atoms with Crippen molar-refractivity contribution >= 4 is 5.97 Å². The SMILES string of the molecule is N#Cc1ccc(-c2ccc(OCCCCCCCCCCC(=O)O)cc2)cc1. The molecule has 0 amide bonds. The highest BCUT2D eigenvalue weighted by Gasteiger charge is 2.00. The normalized spacial score (nSPS) is 10.4. The molecular formula is C24H29NO3. The summed E-state index contributed by atoms with van der Waals surface area (Å²) in [4.78, 5) is 10.4. The number of benzene rings is 2. The fourth-order valence-electron chi connectivity index (χ4n) is 3.11. The highest BCUT2D eigenvalue weighted by Crippen LogP contribution is 2.23. The second-order valence-electron chi connectivity index (χ2n) is 7.03. The fourth-order valence-corrected chi connectivity index (χ4v) is 3.11. The van der Waals surface area contributed by atoms with Crippen LogP contribution in [0.25, 0.3) is 11.1 Å². The van der Waals surface area contributed by atoms with E-state index in [2.05, 4.69) is 6.07 Å². The molecule has 0 fully saturated rings. The number of carboxylic acid groups (broad SMARTS) is 1. The number of rotatable bonds is 13. The first-order valence-corrected chi connectivity index (χ1v) is 10.1. The molecule has 0 saturated carbocycles. The van der Waals surface area contributed by atoms with Crippen LogP contribution in [0, 0.1) is 11.3 Å². The number of nitriles is 1. The van der Waals surface area contributed by atoms with Crippen LogP contribution in [0.1, 0.15) is 63.4 Å². The molecule has 28 heavy (non-hydrogen) atoms. The topological polar surface area (TPSA) is 70.3 Å². The van der Waals surface area contributed by atoms with Crippen LogP contribution in [0.4, 0.5) is 0 Å². The van der Waals surface area contributed by atoms with E-state index in [1.165, 1.54) is 25.7 Å². The lowest BCUT2D eigenvalue weighted by Crippen LogP contribution is -1.97. The number of nitrogens with zero attached hydrogens (tertiary/aromatic N) is 1. The lowest BCUT2D eigenvalue weighted by atomic mass is 10.0. The van der Waals surface area contributed by atoms with E-state index >= 15 is 0 Å². The van der Waals surface area contributed by atoms with Gasteiger partial charge in [0.1, 0.15) is 5.75 Å². The molecule has 0 atom stereocenters. The number of unbranched alkanes of at least 4 members (excludes halogenated alkanes) is 7. The number of hydrogen-bond donors (Lipinski definition) is 1. The van der Waals surface area contributed by atoms with Crippen LogP contribution in [0.15, 0.2) is 48.5 Å². The van der Waals surface area contributed by atoms with E-state index in [4.69, 9.17) is 15.1 Å². The van der Waals surface area contributed by atoms with Gasteiger partial charge in [-0.3, -0.25) is 4.79 Å². The van der Waals surface area contributed by atoms with Crippen LogP contribution >= 0.6 is 0 Å². The maximum Gasteiger partial charge on any atom is 0.303 e. The van der Waals surface area contributed by atoms with Gasteiger partial charge in [-0.25, -0.2) is 0 Å². The Bertz CT molecular complexity index is 745. The van der Waals surface area contributed by atoms with Gasteiger partial charge in [0.2, 0.25) is 0 Å². The predicted octanol–water partition coefficient (Wildman–Crippen LogP) is 6.20. The van der Waals surface area contributed by atoms with Crippen molar-refractivity contribution < 1.29 is 14.6 Å². The lowest BCUT2D eigenvalue weighted by molar-refractivity contribution is -0.137. The molecule has 1 N–H and O–H groups in total. The van der Waals surface area contributed by atoms with Crippen molar-refractivity contribution in [2.75, 3.05) is 6.61 Å². The molecule has 0 unspecified atom stereocenters. The number of aliphatic carboxylic acids is 1. The minimum absolute atomic E-state index is 0.297. The van der Waals surface area contributed by atoms with E-state index in [0.29, 0.717) is 12.0 Å². The summed E-state index contributed by atoms with van der Waals surface area (Å²) in [6, 6.07) is 17.8. The summed E-state index contributed by atoms with van der Waals surface area (Å²) in [5.41, 5.74) is 2.87. The van der Waals surface area contributed by atoms with E-state index < -0.39 is 5.97 Å². The minimum atomic E-state index is -0.691. The Kier molecular flexibility index (Phi) is 9.65. The second kappa shape index (κ2) is 12.6. The molecule has 148 valence electrons. The van der Waals surface area contributed by atoms with E-state index in [1.807, 2.05) is 48.5 Å². The van der Waals surface area contributed by atoms with Crippen LogP contribution < -0.4 is 4.74 Å². The van der Waals surface area contributed by atoms with Crippen molar-refractivity contribution in [3.8, 4) is 22.9 Å². The minimum Gasteiger partial charge on any atom is -0.494 e. The summed E-state index contributed by atoms with van der Waals surface area (Å²) in [7, 11) is 0. The summed E-state index contributed by atoms with van der Waals surface area (Å²) >= 11 is 0. The molecule has 0 aliphatic carbocycles. The molecule has 0 radical (unpaired) electrons. The van der Waals surface area contributed by atoms with Gasteiger partial charge in [0.05, 0.1) is 18.2 Å². The first-order chi connectivity index (χ1) is 13.7. The number of hydrogen-bond acceptors (Lipinski definition) is 3. The zero-order valence-corrected chi connectivity index (χ0v) is 16.4. The highest BCUT2D eigenvalue weighted by atomic mass is 16.5. The second-order valence-corrected chi connectivity index (χ2v) is 7.03. The summed E-state index contributed by atoms with van der Waals surface area (Å²) < 4.78 is 5.82. The average Bonchev–Trinajstić information content (AvgIpc) is 2.72. The first kappa shape index (κ1) is 21.5. The monoisotopic (exact) mass is 379 g/mol. The maximum absolute atomic E-state index is 10.4. The van der Waals surface area contributed by atoms with Crippen molar-refractivity contribution in [1.82, 2.24) is 0 Å². The lowest BCUT2D eigenvalue weighted by Gasteiger charge is -2.08. The van der Waals surface area contributed by atoms with Crippen LogP contribution in [0.3, 0.4) is 0 Å². The van der Waals surface area contributed by atoms with Gasteiger partial charge in [-0.15, -0.1) is 0 Å². The fraction of sp³-hybridized carbons (Fsp3) is 0.417. The van der Waals surface area contributed by atoms with Crippen molar-refractivity contribution in [3.05, 3.63) is 54.1 Å². The maximum atomic E-state index is 10.4. The highest BCUT2D eigenvalue weighted by molar-refractivity contribution is 5.66. The molecule has 2 rings (SSSR count). The van der Waals surface area contributed by atoms with Gasteiger partial charge >= 0.3 is 5.97 Å². The molecule has 0 aliphatic heterocycles. The van der Waals surface area contributed by atoms with Gasteiger partial charge in [0.25, 0.3) is 0 Å². The Hall–Kier alpha value is -2.80. The number of ether oxygens (including phenoxy) is 1. The molecule has 0 spiro atoms. The Morgan fingerprint density at radius 1 is 0.786 bits per heavy atom. The molecular weight excluding hydrogens is 350 g/mol. The van der Waals surface area contributed by atoms with Crippen molar-refractivity contribution in [2.45, 2.75) is 57.8 Å². The number of carboxylic acids is 1. The summed E-state index contributed by atoms with van der Waals surface area (Å²) in [5, 5.41) is 17.4. The summed E-state index contributed by atoms with van der Waals surface area (Å²) in [6.07, 6.45) is 9.08. The predicted molar refractivity (Wildman–Crippen MR) is 111 cm³/mol. The molecule has 0 aromatic heterocycles. The third-order valence-corrected chi connectivity index (χ3v) is 4.76. The molecule has 2 aromatic carbocycles. The zero-order valence-electron chi connectivity index (χ0n) is 16.4. The van der Waals surface area contributed by atoms with Crippen LogP contribution in [-0.2, 0) is 4.79 Å². The quantitative estimate of drug-likeness (QED) is 0.421. The molecule has 4 nitrogen and oxygen atoms in total. The van der Waals surface area contributed by atoms with Crippen molar-refractivity contribution in [1.29, 1.82) is 5.26 Å². The van der Waals surface area contributed by atoms with Crippen molar-refractivity contribution in [2.24, 2.45) is 0 Å². The number of carbonyl (C=O) groups is 1. The van der Waals surface area contributed by atoms with E-state index in [9.17, 15) is 4.79 Å². The Labute approximate surface area is 167 Å². The zero-order chi connectivity index (χ0) is 20.0. The molecule has 0 bridgehead atoms. The van der Waals surface area contributed by atoms with Gasteiger partial charge in [-0.05, 0) is 48.2 Å². The standard InChI is InChI=1S/C24H29NO3/c25-19-20-10-12-21(13-11-20)22-14-16-23(17-15-22)28-18-8-6-4-2-1-3-5-7-9-24(26)27/h10-17H,1-9,18H2,(H,26,27). The van der Waals surface area contributed by atoms with E-state index in [0.717, 1.165) is 49.2 Å². The molecule has 4 heteroatoms. The van der Waals surface area contributed by atoms with Crippen LogP contribution in [0.2, 0.25) is 0 Å². The average molecular weight is 380 g/mol. The largest absolute Gasteiger partial charge is 0.494 e.